The number of halogens is 5. The predicted molar refractivity (Wildman–Crippen MR) is 126 cm³/mol. The summed E-state index contributed by atoms with van der Waals surface area (Å²) in [5.74, 6) is -3.84. The zero-order valence-corrected chi connectivity index (χ0v) is 19.5. The minimum Gasteiger partial charge on any atom is -0.488 e. The number of nitrogens with zero attached hydrogens (tertiary/aromatic N) is 1. The Morgan fingerprint density at radius 3 is 2.26 bits per heavy atom. The summed E-state index contributed by atoms with van der Waals surface area (Å²) < 4.78 is 67.1. The molecule has 0 radical (unpaired) electrons. The molecule has 13 heteroatoms. The van der Waals surface area contributed by atoms with Gasteiger partial charge in [-0.2, -0.15) is 17.6 Å². The van der Waals surface area contributed by atoms with Crippen LogP contribution in [0.4, 0.5) is 27.8 Å². The van der Waals surface area contributed by atoms with E-state index in [-0.39, 0.29) is 34.5 Å². The number of carbonyl (C=O) groups excluding carboxylic acids is 1. The van der Waals surface area contributed by atoms with Gasteiger partial charge in [-0.15, -0.1) is 0 Å². The van der Waals surface area contributed by atoms with Gasteiger partial charge in [-0.25, -0.2) is 14.2 Å². The monoisotopic (exact) mass is 536 g/mol. The predicted octanol–water partition coefficient (Wildman–Crippen LogP) is 3.55. The Bertz CT molecular complexity index is 1380. The van der Waals surface area contributed by atoms with Crippen molar-refractivity contribution >= 4 is 17.7 Å². The molecule has 0 spiro atoms. The first-order valence-electron chi connectivity index (χ1n) is 11.3. The summed E-state index contributed by atoms with van der Waals surface area (Å²) in [5, 5.41) is 12.9. The molecular formula is C25H21F5N4O4. The Morgan fingerprint density at radius 2 is 1.68 bits per heavy atom. The molecule has 1 amide bonds. The zero-order chi connectivity index (χ0) is 27.6. The quantitative estimate of drug-likeness (QED) is 0.297. The van der Waals surface area contributed by atoms with Gasteiger partial charge in [-0.05, 0) is 47.9 Å². The van der Waals surface area contributed by atoms with Crippen molar-refractivity contribution in [2.75, 3.05) is 25.4 Å². The van der Waals surface area contributed by atoms with E-state index in [0.717, 1.165) is 18.7 Å². The van der Waals surface area contributed by atoms with Crippen LogP contribution in [0.2, 0.25) is 0 Å². The highest BCUT2D eigenvalue weighted by molar-refractivity contribution is 5.97. The molecule has 5 rings (SSSR count). The van der Waals surface area contributed by atoms with Gasteiger partial charge in [0, 0.05) is 41.9 Å². The molecule has 0 bridgehead atoms. The van der Waals surface area contributed by atoms with Gasteiger partial charge < -0.3 is 26.2 Å². The Morgan fingerprint density at radius 1 is 1.03 bits per heavy atom. The first kappa shape index (κ1) is 26.8. The van der Waals surface area contributed by atoms with Crippen molar-refractivity contribution in [1.82, 2.24) is 15.6 Å². The maximum absolute atomic E-state index is 14.9. The second-order valence-corrected chi connectivity index (χ2v) is 8.48. The number of carboxylic acid groups (broad SMARTS) is 1. The van der Waals surface area contributed by atoms with Crippen LogP contribution in [0.5, 0.6) is 5.75 Å². The SMILES string of the molecule is Nc1nc(F)c(-c2ccc(OC3CNC3)cc2)cc1-c1cc2c(cc1F)C(=O)NCC2.O=C(O)C(F)(F)F. The van der Waals surface area contributed by atoms with Crippen LogP contribution in [-0.4, -0.2) is 53.9 Å². The molecule has 0 atom stereocenters. The molecule has 0 aliphatic carbocycles. The molecule has 38 heavy (non-hydrogen) atoms. The molecule has 8 nitrogen and oxygen atoms in total. The highest BCUT2D eigenvalue weighted by Gasteiger charge is 2.38. The number of hydrogen-bond donors (Lipinski definition) is 4. The number of carboxylic acids is 1. The maximum Gasteiger partial charge on any atom is 0.490 e. The third-order valence-corrected chi connectivity index (χ3v) is 5.87. The van der Waals surface area contributed by atoms with Crippen LogP contribution in [-0.2, 0) is 11.2 Å². The topological polar surface area (TPSA) is 127 Å². The molecule has 2 aliphatic rings. The molecule has 1 fully saturated rings. The molecule has 0 unspecified atom stereocenters. The van der Waals surface area contributed by atoms with Crippen LogP contribution < -0.4 is 21.1 Å². The number of benzene rings is 2. The third-order valence-electron chi connectivity index (χ3n) is 5.87. The average Bonchev–Trinajstić information content (AvgIpc) is 2.82. The lowest BCUT2D eigenvalue weighted by Gasteiger charge is -2.27. The highest BCUT2D eigenvalue weighted by Crippen LogP contribution is 2.35. The van der Waals surface area contributed by atoms with Gasteiger partial charge >= 0.3 is 12.1 Å². The molecule has 2 aliphatic heterocycles. The molecule has 3 aromatic rings. The highest BCUT2D eigenvalue weighted by atomic mass is 19.4. The van der Waals surface area contributed by atoms with E-state index in [1.165, 1.54) is 12.1 Å². The molecule has 3 heterocycles. The number of rotatable bonds is 4. The summed E-state index contributed by atoms with van der Waals surface area (Å²) in [6.07, 6.45) is -4.37. The van der Waals surface area contributed by atoms with Gasteiger partial charge in [-0.1, -0.05) is 12.1 Å². The number of nitrogens with one attached hydrogen (secondary N) is 2. The minimum absolute atomic E-state index is 0.113. The van der Waals surface area contributed by atoms with Crippen molar-refractivity contribution in [3.63, 3.8) is 0 Å². The number of aromatic nitrogens is 1. The number of aliphatic carboxylic acids is 1. The number of fused-ring (bicyclic) bond motifs is 1. The Kier molecular flexibility index (Phi) is 7.49. The van der Waals surface area contributed by atoms with Crippen LogP contribution in [0.3, 0.4) is 0 Å². The summed E-state index contributed by atoms with van der Waals surface area (Å²) >= 11 is 0. The Labute approximate surface area is 212 Å². The van der Waals surface area contributed by atoms with Gasteiger partial charge in [0.05, 0.1) is 0 Å². The van der Waals surface area contributed by atoms with Crippen molar-refractivity contribution in [2.24, 2.45) is 0 Å². The van der Waals surface area contributed by atoms with Crippen molar-refractivity contribution < 1.29 is 41.4 Å². The van der Waals surface area contributed by atoms with Gasteiger partial charge in [0.2, 0.25) is 5.95 Å². The first-order chi connectivity index (χ1) is 17.9. The van der Waals surface area contributed by atoms with E-state index in [0.29, 0.717) is 29.8 Å². The number of pyridine rings is 1. The van der Waals surface area contributed by atoms with E-state index in [1.54, 1.807) is 30.3 Å². The van der Waals surface area contributed by atoms with Gasteiger partial charge in [0.1, 0.15) is 23.5 Å². The van der Waals surface area contributed by atoms with E-state index in [1.807, 2.05) is 0 Å². The van der Waals surface area contributed by atoms with E-state index >= 15 is 0 Å². The lowest BCUT2D eigenvalue weighted by atomic mass is 9.93. The van der Waals surface area contributed by atoms with Crippen LogP contribution in [0.25, 0.3) is 22.3 Å². The second kappa shape index (κ2) is 10.6. The van der Waals surface area contributed by atoms with E-state index < -0.39 is 23.9 Å². The summed E-state index contributed by atoms with van der Waals surface area (Å²) in [4.78, 5) is 24.7. The average molecular weight is 536 g/mol. The molecular weight excluding hydrogens is 515 g/mol. The molecule has 5 N–H and O–H groups in total. The van der Waals surface area contributed by atoms with Crippen molar-refractivity contribution in [3.05, 3.63) is 65.4 Å². The first-order valence-corrected chi connectivity index (χ1v) is 11.3. The van der Waals surface area contributed by atoms with E-state index in [9.17, 15) is 26.7 Å². The number of nitrogens with two attached hydrogens (primary N) is 1. The number of amides is 1. The van der Waals surface area contributed by atoms with Crippen LogP contribution in [0, 0.1) is 11.8 Å². The number of nitrogen functional groups attached to an aromatic ring is 1. The smallest absolute Gasteiger partial charge is 0.488 e. The number of carbonyl (C=O) groups is 2. The normalized spacial score (nSPS) is 14.9. The standard InChI is InChI=1S/C23H20F2N4O2.C2HF3O2/c24-20-9-17-13(5-6-28-23(17)30)7-18(20)19-8-16(21(25)29-22(19)26)12-1-3-14(4-2-12)31-15-10-27-11-15;3-2(4,5)1(6)7/h1-4,7-9,15,27H,5-6,10-11H2,(H2,26,29)(H,28,30);(H,6,7). The van der Waals surface area contributed by atoms with Gasteiger partial charge in [0.15, 0.2) is 0 Å². The zero-order valence-electron chi connectivity index (χ0n) is 19.5. The van der Waals surface area contributed by atoms with E-state index in [4.69, 9.17) is 20.4 Å². The number of ether oxygens (including phenoxy) is 1. The minimum atomic E-state index is -5.08. The van der Waals surface area contributed by atoms with Crippen molar-refractivity contribution in [1.29, 1.82) is 0 Å². The summed E-state index contributed by atoms with van der Waals surface area (Å²) in [6, 6.07) is 11.3. The number of hydrogen-bond acceptors (Lipinski definition) is 6. The second-order valence-electron chi connectivity index (χ2n) is 8.48. The molecule has 1 aromatic heterocycles. The third kappa shape index (κ3) is 5.83. The van der Waals surface area contributed by atoms with Crippen LogP contribution in [0.15, 0.2) is 42.5 Å². The fourth-order valence-corrected chi connectivity index (χ4v) is 3.82. The van der Waals surface area contributed by atoms with Crippen LogP contribution in [0.1, 0.15) is 15.9 Å². The summed E-state index contributed by atoms with van der Waals surface area (Å²) in [7, 11) is 0. The Hall–Kier alpha value is -4.26. The fourth-order valence-electron chi connectivity index (χ4n) is 3.82. The van der Waals surface area contributed by atoms with Gasteiger partial charge in [0.25, 0.3) is 5.91 Å². The summed E-state index contributed by atoms with van der Waals surface area (Å²) in [6.45, 7) is 2.08. The number of anilines is 1. The maximum atomic E-state index is 14.9. The largest absolute Gasteiger partial charge is 0.490 e. The molecule has 2 aromatic carbocycles. The lowest BCUT2D eigenvalue weighted by Crippen LogP contribution is -2.50. The van der Waals surface area contributed by atoms with Crippen LogP contribution >= 0.6 is 0 Å². The van der Waals surface area contributed by atoms with Crippen molar-refractivity contribution in [3.8, 4) is 28.0 Å². The van der Waals surface area contributed by atoms with E-state index in [2.05, 4.69) is 15.6 Å². The molecule has 200 valence electrons. The summed E-state index contributed by atoms with van der Waals surface area (Å²) in [5.41, 5.74) is 8.22. The fraction of sp³-hybridized carbons (Fsp3) is 0.240. The molecule has 1 saturated heterocycles. The van der Waals surface area contributed by atoms with Gasteiger partial charge in [-0.3, -0.25) is 4.79 Å². The Balaban J connectivity index is 0.000000426. The molecule has 0 saturated carbocycles. The number of alkyl halides is 3. The lowest BCUT2D eigenvalue weighted by molar-refractivity contribution is -0.192. The van der Waals surface area contributed by atoms with Crippen molar-refractivity contribution in [2.45, 2.75) is 18.7 Å².